The number of rotatable bonds is 7. The molecule has 0 spiro atoms. The molecule has 1 N–H and O–H groups in total. The van der Waals surface area contributed by atoms with Crippen LogP contribution in [0.25, 0.3) is 0 Å². The summed E-state index contributed by atoms with van der Waals surface area (Å²) in [5.41, 5.74) is 2.99. The molecule has 1 heteroatoms. The van der Waals surface area contributed by atoms with Crippen molar-refractivity contribution in [2.45, 2.75) is 58.8 Å². The van der Waals surface area contributed by atoms with Gasteiger partial charge >= 0.3 is 0 Å². The molecule has 0 radical (unpaired) electrons. The van der Waals surface area contributed by atoms with Gasteiger partial charge in [-0.15, -0.1) is 0 Å². The Labute approximate surface area is 125 Å². The maximum atomic E-state index is 3.62. The normalized spacial score (nSPS) is 22.6. The average Bonchev–Trinajstić information content (AvgIpc) is 2.87. The van der Waals surface area contributed by atoms with Crippen LogP contribution in [-0.4, -0.2) is 13.1 Å². The largest absolute Gasteiger partial charge is 0.316 e. The minimum atomic E-state index is 0.640. The summed E-state index contributed by atoms with van der Waals surface area (Å²) < 4.78 is 0. The van der Waals surface area contributed by atoms with Crippen LogP contribution >= 0.6 is 0 Å². The van der Waals surface area contributed by atoms with E-state index in [4.69, 9.17) is 0 Å². The van der Waals surface area contributed by atoms with E-state index < -0.39 is 0 Å². The maximum absolute atomic E-state index is 3.62. The van der Waals surface area contributed by atoms with Crippen molar-refractivity contribution in [3.63, 3.8) is 0 Å². The molecule has 0 saturated heterocycles. The van der Waals surface area contributed by atoms with Gasteiger partial charge in [0.2, 0.25) is 0 Å². The molecule has 2 rings (SSSR count). The third-order valence-corrected chi connectivity index (χ3v) is 4.79. The summed E-state index contributed by atoms with van der Waals surface area (Å²) in [5, 5.41) is 3.62. The Morgan fingerprint density at radius 3 is 2.45 bits per heavy atom. The molecule has 1 aromatic rings. The van der Waals surface area contributed by atoms with Gasteiger partial charge in [-0.25, -0.2) is 0 Å². The molecule has 2 atom stereocenters. The lowest BCUT2D eigenvalue weighted by Crippen LogP contribution is -2.26. The lowest BCUT2D eigenvalue weighted by Gasteiger charge is -2.20. The van der Waals surface area contributed by atoms with Crippen molar-refractivity contribution >= 4 is 0 Å². The first-order chi connectivity index (χ1) is 9.70. The van der Waals surface area contributed by atoms with Crippen LogP contribution in [0.1, 0.15) is 63.5 Å². The quantitative estimate of drug-likeness (QED) is 0.706. The van der Waals surface area contributed by atoms with Crippen molar-refractivity contribution in [1.82, 2.24) is 5.32 Å². The van der Waals surface area contributed by atoms with Crippen molar-refractivity contribution < 1.29 is 0 Å². The number of nitrogens with one attached hydrogen (secondary N) is 1. The fraction of sp³-hybridized carbons (Fsp3) is 0.684. The standard InChI is InChI=1S/C19H31N/c1-4-12-20-14-19-7-5-6-18(19)13-16-8-10-17(11-9-16)15(2)3/h8-11,15,18-20H,4-7,12-14H2,1-3H3. The zero-order valence-corrected chi connectivity index (χ0v) is 13.5. The Kier molecular flexibility index (Phi) is 6.09. The Morgan fingerprint density at radius 1 is 1.10 bits per heavy atom. The molecule has 1 aromatic carbocycles. The van der Waals surface area contributed by atoms with Gasteiger partial charge < -0.3 is 5.32 Å². The van der Waals surface area contributed by atoms with Crippen LogP contribution in [0.15, 0.2) is 24.3 Å². The van der Waals surface area contributed by atoms with Crippen LogP contribution in [0.3, 0.4) is 0 Å². The number of benzene rings is 1. The summed E-state index contributed by atoms with van der Waals surface area (Å²) in [6.45, 7) is 9.17. The van der Waals surface area contributed by atoms with Crippen molar-refractivity contribution in [1.29, 1.82) is 0 Å². The predicted octanol–water partition coefficient (Wildman–Crippen LogP) is 4.77. The van der Waals surface area contributed by atoms with Gasteiger partial charge in [-0.1, -0.05) is 51.5 Å². The third kappa shape index (κ3) is 4.34. The van der Waals surface area contributed by atoms with Crippen LogP contribution < -0.4 is 5.32 Å². The van der Waals surface area contributed by atoms with Gasteiger partial charge in [0.25, 0.3) is 0 Å². The molecule has 2 unspecified atom stereocenters. The van der Waals surface area contributed by atoms with E-state index >= 15 is 0 Å². The van der Waals surface area contributed by atoms with E-state index in [0.717, 1.165) is 11.8 Å². The molecule has 1 fully saturated rings. The molecule has 20 heavy (non-hydrogen) atoms. The molecule has 0 heterocycles. The van der Waals surface area contributed by atoms with Crippen LogP contribution in [0.5, 0.6) is 0 Å². The number of hydrogen-bond donors (Lipinski definition) is 1. The summed E-state index contributed by atoms with van der Waals surface area (Å²) in [7, 11) is 0. The minimum Gasteiger partial charge on any atom is -0.316 e. The summed E-state index contributed by atoms with van der Waals surface area (Å²) >= 11 is 0. The van der Waals surface area contributed by atoms with E-state index in [1.54, 1.807) is 0 Å². The first-order valence-corrected chi connectivity index (χ1v) is 8.50. The Bertz CT molecular complexity index is 379. The van der Waals surface area contributed by atoms with E-state index in [2.05, 4.69) is 50.4 Å². The highest BCUT2D eigenvalue weighted by Gasteiger charge is 2.26. The van der Waals surface area contributed by atoms with Crippen LogP contribution in [-0.2, 0) is 6.42 Å². The highest BCUT2D eigenvalue weighted by atomic mass is 14.9. The summed E-state index contributed by atoms with van der Waals surface area (Å²) in [5.74, 6) is 2.43. The Balaban J connectivity index is 1.87. The molecule has 0 bridgehead atoms. The highest BCUT2D eigenvalue weighted by molar-refractivity contribution is 5.25. The van der Waals surface area contributed by atoms with Crippen LogP contribution in [0, 0.1) is 11.8 Å². The highest BCUT2D eigenvalue weighted by Crippen LogP contribution is 2.34. The van der Waals surface area contributed by atoms with Gasteiger partial charge in [0.1, 0.15) is 0 Å². The first kappa shape index (κ1) is 15.6. The summed E-state index contributed by atoms with van der Waals surface area (Å²) in [4.78, 5) is 0. The second kappa shape index (κ2) is 7.83. The van der Waals surface area contributed by atoms with E-state index in [-0.39, 0.29) is 0 Å². The van der Waals surface area contributed by atoms with Gasteiger partial charge in [0, 0.05) is 0 Å². The molecule has 0 aliphatic heterocycles. The molecule has 112 valence electrons. The molecular weight excluding hydrogens is 242 g/mol. The molecule has 0 aromatic heterocycles. The average molecular weight is 273 g/mol. The van der Waals surface area contributed by atoms with E-state index in [1.807, 2.05) is 0 Å². The number of hydrogen-bond acceptors (Lipinski definition) is 1. The summed E-state index contributed by atoms with van der Waals surface area (Å²) in [6, 6.07) is 9.34. The van der Waals surface area contributed by atoms with Crippen molar-refractivity contribution in [2.75, 3.05) is 13.1 Å². The van der Waals surface area contributed by atoms with Crippen LogP contribution in [0.4, 0.5) is 0 Å². The van der Waals surface area contributed by atoms with Crippen molar-refractivity contribution in [2.24, 2.45) is 11.8 Å². The van der Waals surface area contributed by atoms with Crippen molar-refractivity contribution in [3.8, 4) is 0 Å². The Hall–Kier alpha value is -0.820. The first-order valence-electron chi connectivity index (χ1n) is 8.50. The molecule has 1 saturated carbocycles. The topological polar surface area (TPSA) is 12.0 Å². The van der Waals surface area contributed by atoms with Gasteiger partial charge in [-0.3, -0.25) is 0 Å². The van der Waals surface area contributed by atoms with E-state index in [9.17, 15) is 0 Å². The molecule has 1 aliphatic carbocycles. The lowest BCUT2D eigenvalue weighted by atomic mass is 9.89. The molecule has 1 aliphatic rings. The van der Waals surface area contributed by atoms with Gasteiger partial charge in [-0.2, -0.15) is 0 Å². The zero-order chi connectivity index (χ0) is 14.4. The fourth-order valence-electron chi connectivity index (χ4n) is 3.46. The van der Waals surface area contributed by atoms with Crippen molar-refractivity contribution in [3.05, 3.63) is 35.4 Å². The molecule has 1 nitrogen and oxygen atoms in total. The fourth-order valence-corrected chi connectivity index (χ4v) is 3.46. The molecule has 0 amide bonds. The smallest absolute Gasteiger partial charge is 0.00178 e. The second-order valence-electron chi connectivity index (χ2n) is 6.76. The zero-order valence-electron chi connectivity index (χ0n) is 13.5. The summed E-state index contributed by atoms with van der Waals surface area (Å²) in [6.07, 6.45) is 6.79. The minimum absolute atomic E-state index is 0.640. The molecular formula is C19H31N. The third-order valence-electron chi connectivity index (χ3n) is 4.79. The van der Waals surface area contributed by atoms with Gasteiger partial charge in [0.15, 0.2) is 0 Å². The monoisotopic (exact) mass is 273 g/mol. The van der Waals surface area contributed by atoms with Gasteiger partial charge in [-0.05, 0) is 67.7 Å². The maximum Gasteiger partial charge on any atom is -0.00178 e. The second-order valence-corrected chi connectivity index (χ2v) is 6.76. The van der Waals surface area contributed by atoms with E-state index in [0.29, 0.717) is 5.92 Å². The van der Waals surface area contributed by atoms with Crippen LogP contribution in [0.2, 0.25) is 0 Å². The van der Waals surface area contributed by atoms with E-state index in [1.165, 1.54) is 56.3 Å². The lowest BCUT2D eigenvalue weighted by molar-refractivity contribution is 0.365. The Morgan fingerprint density at radius 2 is 1.80 bits per heavy atom. The van der Waals surface area contributed by atoms with Gasteiger partial charge in [0.05, 0.1) is 0 Å². The predicted molar refractivity (Wildman–Crippen MR) is 88.2 cm³/mol. The SMILES string of the molecule is CCCNCC1CCCC1Cc1ccc(C(C)C)cc1.